The lowest BCUT2D eigenvalue weighted by molar-refractivity contribution is 0.716. The van der Waals surface area contributed by atoms with Crippen molar-refractivity contribution in [2.24, 2.45) is 0 Å². The minimum atomic E-state index is 0.132. The van der Waals surface area contributed by atoms with Crippen molar-refractivity contribution in [3.05, 3.63) is 47.0 Å². The van der Waals surface area contributed by atoms with Crippen LogP contribution in [-0.4, -0.2) is 7.05 Å². The van der Waals surface area contributed by atoms with Gasteiger partial charge in [-0.2, -0.15) is 0 Å². The Kier molecular flexibility index (Phi) is 3.52. The van der Waals surface area contributed by atoms with E-state index in [0.29, 0.717) is 0 Å². The van der Waals surface area contributed by atoms with Gasteiger partial charge in [0.1, 0.15) is 0 Å². The van der Waals surface area contributed by atoms with Crippen LogP contribution in [-0.2, 0) is 0 Å². The van der Waals surface area contributed by atoms with E-state index in [4.69, 9.17) is 11.6 Å². The van der Waals surface area contributed by atoms with Gasteiger partial charge in [0, 0.05) is 5.02 Å². The van der Waals surface area contributed by atoms with E-state index in [2.05, 4.69) is 11.9 Å². The molecule has 0 spiro atoms. The summed E-state index contributed by atoms with van der Waals surface area (Å²) >= 11 is 6.16. The summed E-state index contributed by atoms with van der Waals surface area (Å²) in [5, 5.41) is 3.95. The molecule has 13 heavy (non-hydrogen) atoms. The summed E-state index contributed by atoms with van der Waals surface area (Å²) in [6.07, 6.45) is 1.85. The Morgan fingerprint density at radius 1 is 1.54 bits per heavy atom. The molecule has 0 heterocycles. The van der Waals surface area contributed by atoms with Crippen LogP contribution in [0.1, 0.15) is 17.2 Å². The van der Waals surface area contributed by atoms with Crippen molar-refractivity contribution in [3.63, 3.8) is 0 Å². The van der Waals surface area contributed by atoms with Crippen LogP contribution in [0.2, 0.25) is 5.02 Å². The molecule has 0 aliphatic heterocycles. The van der Waals surface area contributed by atoms with Crippen molar-refractivity contribution in [2.75, 3.05) is 7.05 Å². The largest absolute Gasteiger partial charge is 0.310 e. The van der Waals surface area contributed by atoms with Crippen LogP contribution >= 0.6 is 11.6 Å². The predicted octanol–water partition coefficient (Wildman–Crippen LogP) is 3.09. The van der Waals surface area contributed by atoms with E-state index < -0.39 is 0 Å². The number of nitrogens with one attached hydrogen (secondary N) is 1. The van der Waals surface area contributed by atoms with Gasteiger partial charge >= 0.3 is 0 Å². The lowest BCUT2D eigenvalue weighted by Crippen LogP contribution is -2.14. The third kappa shape index (κ3) is 2.11. The first-order chi connectivity index (χ1) is 6.20. The molecule has 0 amide bonds. The Bertz CT molecular complexity index is 307. The topological polar surface area (TPSA) is 12.0 Å². The number of benzene rings is 1. The first-order valence-corrected chi connectivity index (χ1v) is 4.63. The second kappa shape index (κ2) is 4.45. The zero-order chi connectivity index (χ0) is 9.84. The molecule has 1 unspecified atom stereocenters. The average molecular weight is 196 g/mol. The van der Waals surface area contributed by atoms with E-state index in [1.54, 1.807) is 0 Å². The van der Waals surface area contributed by atoms with Gasteiger partial charge in [0.25, 0.3) is 0 Å². The van der Waals surface area contributed by atoms with Crippen LogP contribution in [0.5, 0.6) is 0 Å². The molecule has 1 aromatic rings. The summed E-state index contributed by atoms with van der Waals surface area (Å²) in [7, 11) is 1.89. The highest BCUT2D eigenvalue weighted by atomic mass is 35.5. The molecule has 0 saturated carbocycles. The van der Waals surface area contributed by atoms with Gasteiger partial charge in [-0.15, -0.1) is 6.58 Å². The molecule has 1 nitrogen and oxygen atoms in total. The van der Waals surface area contributed by atoms with Crippen molar-refractivity contribution >= 4 is 11.6 Å². The van der Waals surface area contributed by atoms with Gasteiger partial charge in [-0.05, 0) is 25.1 Å². The van der Waals surface area contributed by atoms with Crippen LogP contribution in [0, 0.1) is 6.92 Å². The van der Waals surface area contributed by atoms with Crippen LogP contribution in [0.15, 0.2) is 30.9 Å². The molecule has 0 bridgehead atoms. The van der Waals surface area contributed by atoms with Gasteiger partial charge in [0.15, 0.2) is 0 Å². The number of aryl methyl sites for hydroxylation is 1. The molecule has 1 N–H and O–H groups in total. The fourth-order valence-electron chi connectivity index (χ4n) is 1.31. The predicted molar refractivity (Wildman–Crippen MR) is 58.2 cm³/mol. The number of hydrogen-bond acceptors (Lipinski definition) is 1. The lowest BCUT2D eigenvalue weighted by atomic mass is 10.0. The van der Waals surface area contributed by atoms with Crippen molar-refractivity contribution in [2.45, 2.75) is 13.0 Å². The Hall–Kier alpha value is -0.790. The monoisotopic (exact) mass is 195 g/mol. The van der Waals surface area contributed by atoms with Crippen molar-refractivity contribution in [1.82, 2.24) is 5.32 Å². The Morgan fingerprint density at radius 2 is 2.23 bits per heavy atom. The van der Waals surface area contributed by atoms with Crippen LogP contribution in [0.4, 0.5) is 0 Å². The highest BCUT2D eigenvalue weighted by molar-refractivity contribution is 6.32. The molecular weight excluding hydrogens is 182 g/mol. The van der Waals surface area contributed by atoms with E-state index in [1.165, 1.54) is 0 Å². The van der Waals surface area contributed by atoms with Crippen LogP contribution < -0.4 is 5.32 Å². The van der Waals surface area contributed by atoms with Crippen molar-refractivity contribution in [3.8, 4) is 0 Å². The van der Waals surface area contributed by atoms with E-state index in [0.717, 1.165) is 16.1 Å². The van der Waals surface area contributed by atoms with Gasteiger partial charge in [-0.3, -0.25) is 0 Å². The lowest BCUT2D eigenvalue weighted by Gasteiger charge is -2.14. The van der Waals surface area contributed by atoms with Crippen molar-refractivity contribution < 1.29 is 0 Å². The summed E-state index contributed by atoms with van der Waals surface area (Å²) in [6.45, 7) is 5.76. The first-order valence-electron chi connectivity index (χ1n) is 4.25. The summed E-state index contributed by atoms with van der Waals surface area (Å²) in [5.74, 6) is 0. The SMILES string of the molecule is C=CC(NC)c1cccc(C)c1Cl. The number of hydrogen-bond donors (Lipinski definition) is 1. The highest BCUT2D eigenvalue weighted by Gasteiger charge is 2.09. The van der Waals surface area contributed by atoms with Gasteiger partial charge in [-0.25, -0.2) is 0 Å². The Morgan fingerprint density at radius 3 is 2.77 bits per heavy atom. The summed E-state index contributed by atoms with van der Waals surface area (Å²) in [6, 6.07) is 6.15. The fraction of sp³-hybridized carbons (Fsp3) is 0.273. The fourth-order valence-corrected chi connectivity index (χ4v) is 1.55. The number of likely N-dealkylation sites (N-methyl/N-ethyl adjacent to an activating group) is 1. The quantitative estimate of drug-likeness (QED) is 0.731. The Balaban J connectivity index is 3.13. The zero-order valence-electron chi connectivity index (χ0n) is 7.97. The second-order valence-corrected chi connectivity index (χ2v) is 3.36. The van der Waals surface area contributed by atoms with Gasteiger partial charge < -0.3 is 5.32 Å². The molecule has 0 saturated heterocycles. The van der Waals surface area contributed by atoms with E-state index >= 15 is 0 Å². The van der Waals surface area contributed by atoms with Gasteiger partial charge in [-0.1, -0.05) is 35.9 Å². The minimum absolute atomic E-state index is 0.132. The van der Waals surface area contributed by atoms with Gasteiger partial charge in [0.05, 0.1) is 6.04 Å². The van der Waals surface area contributed by atoms with Crippen molar-refractivity contribution in [1.29, 1.82) is 0 Å². The van der Waals surface area contributed by atoms with Crippen LogP contribution in [0.3, 0.4) is 0 Å². The minimum Gasteiger partial charge on any atom is -0.310 e. The number of rotatable bonds is 3. The molecule has 0 aliphatic carbocycles. The van der Waals surface area contributed by atoms with Gasteiger partial charge in [0.2, 0.25) is 0 Å². The second-order valence-electron chi connectivity index (χ2n) is 2.98. The van der Waals surface area contributed by atoms with E-state index in [1.807, 2.05) is 38.2 Å². The smallest absolute Gasteiger partial charge is 0.0516 e. The third-order valence-corrected chi connectivity index (χ3v) is 2.62. The molecule has 70 valence electrons. The average Bonchev–Trinajstić information content (AvgIpc) is 2.14. The molecule has 1 atom stereocenters. The standard InChI is InChI=1S/C11H14ClN/c1-4-10(13-3)9-7-5-6-8(2)11(9)12/h4-7,10,13H,1H2,2-3H3. The Labute approximate surface area is 84.4 Å². The van der Waals surface area contributed by atoms with Crippen LogP contribution in [0.25, 0.3) is 0 Å². The molecule has 2 heteroatoms. The molecule has 0 radical (unpaired) electrons. The molecule has 0 fully saturated rings. The zero-order valence-corrected chi connectivity index (χ0v) is 8.73. The molecule has 1 rings (SSSR count). The molecule has 1 aromatic carbocycles. The maximum Gasteiger partial charge on any atom is 0.0516 e. The van der Waals surface area contributed by atoms with E-state index in [-0.39, 0.29) is 6.04 Å². The summed E-state index contributed by atoms with van der Waals surface area (Å²) < 4.78 is 0. The molecular formula is C11H14ClN. The third-order valence-electron chi connectivity index (χ3n) is 2.10. The summed E-state index contributed by atoms with van der Waals surface area (Å²) in [4.78, 5) is 0. The maximum atomic E-state index is 6.16. The van der Waals surface area contributed by atoms with E-state index in [9.17, 15) is 0 Å². The first kappa shape index (κ1) is 10.3. The molecule has 0 aliphatic rings. The normalized spacial score (nSPS) is 12.5. The maximum absolute atomic E-state index is 6.16. The number of halogens is 1. The molecule has 0 aromatic heterocycles. The summed E-state index contributed by atoms with van der Waals surface area (Å²) in [5.41, 5.74) is 2.18. The highest BCUT2D eigenvalue weighted by Crippen LogP contribution is 2.26.